The number of nitrogens with zero attached hydrogens (tertiary/aromatic N) is 1. The van der Waals surface area contributed by atoms with E-state index in [1.54, 1.807) is 6.92 Å². The SMILES string of the molecule is COc1cc([N+](=O)[O-])ccc1S(=O)(=O)NCC(C)N. The summed E-state index contributed by atoms with van der Waals surface area (Å²) in [6, 6.07) is 2.93. The second kappa shape index (κ2) is 5.95. The van der Waals surface area contributed by atoms with Crippen LogP contribution in [0.1, 0.15) is 6.92 Å². The number of hydrogen-bond donors (Lipinski definition) is 2. The molecule has 0 radical (unpaired) electrons. The molecular weight excluding hydrogens is 274 g/mol. The van der Waals surface area contributed by atoms with Crippen molar-refractivity contribution >= 4 is 15.7 Å². The van der Waals surface area contributed by atoms with Crippen LogP contribution in [0.25, 0.3) is 0 Å². The average Bonchev–Trinajstić information content (AvgIpc) is 2.35. The zero-order valence-corrected chi connectivity index (χ0v) is 11.3. The highest BCUT2D eigenvalue weighted by atomic mass is 32.2. The second-order valence-electron chi connectivity index (χ2n) is 3.92. The third kappa shape index (κ3) is 3.88. The molecule has 1 atom stereocenters. The topological polar surface area (TPSA) is 125 Å². The number of hydrogen-bond acceptors (Lipinski definition) is 6. The fourth-order valence-corrected chi connectivity index (χ4v) is 2.60. The maximum atomic E-state index is 12.0. The van der Waals surface area contributed by atoms with E-state index in [1.807, 2.05) is 0 Å². The molecule has 0 saturated carbocycles. The second-order valence-corrected chi connectivity index (χ2v) is 5.66. The van der Waals surface area contributed by atoms with Gasteiger partial charge < -0.3 is 10.5 Å². The number of methoxy groups -OCH3 is 1. The Labute approximate surface area is 110 Å². The van der Waals surface area contributed by atoms with E-state index in [-0.39, 0.29) is 28.9 Å². The molecular formula is C10H15N3O5S. The highest BCUT2D eigenvalue weighted by molar-refractivity contribution is 7.89. The molecule has 1 aromatic carbocycles. The molecule has 0 bridgehead atoms. The number of nitro benzene ring substituents is 1. The molecule has 3 N–H and O–H groups in total. The number of nitrogens with one attached hydrogen (secondary N) is 1. The molecule has 19 heavy (non-hydrogen) atoms. The fourth-order valence-electron chi connectivity index (χ4n) is 1.31. The summed E-state index contributed by atoms with van der Waals surface area (Å²) in [5.41, 5.74) is 5.22. The number of nitrogens with two attached hydrogens (primary N) is 1. The normalized spacial score (nSPS) is 13.0. The highest BCUT2D eigenvalue weighted by Crippen LogP contribution is 2.28. The minimum atomic E-state index is -3.82. The predicted molar refractivity (Wildman–Crippen MR) is 68.5 cm³/mol. The van der Waals surface area contributed by atoms with E-state index in [2.05, 4.69) is 4.72 Å². The maximum Gasteiger partial charge on any atom is 0.273 e. The van der Waals surface area contributed by atoms with Crippen molar-refractivity contribution in [2.24, 2.45) is 5.73 Å². The summed E-state index contributed by atoms with van der Waals surface area (Å²) in [6.45, 7) is 1.71. The Morgan fingerprint density at radius 2 is 2.16 bits per heavy atom. The lowest BCUT2D eigenvalue weighted by molar-refractivity contribution is -0.385. The first kappa shape index (κ1) is 15.3. The van der Waals surface area contributed by atoms with Crippen LogP contribution in [0, 0.1) is 10.1 Å². The third-order valence-corrected chi connectivity index (χ3v) is 3.71. The van der Waals surface area contributed by atoms with Crippen molar-refractivity contribution in [2.45, 2.75) is 17.9 Å². The van der Waals surface area contributed by atoms with Gasteiger partial charge in [0.1, 0.15) is 10.6 Å². The minimum Gasteiger partial charge on any atom is -0.495 e. The number of ether oxygens (including phenoxy) is 1. The molecule has 1 rings (SSSR count). The van der Waals surface area contributed by atoms with Crippen molar-refractivity contribution in [3.05, 3.63) is 28.3 Å². The summed E-state index contributed by atoms with van der Waals surface area (Å²) in [5.74, 6) is -0.0913. The van der Waals surface area contributed by atoms with Gasteiger partial charge in [-0.05, 0) is 13.0 Å². The number of sulfonamides is 1. The molecule has 0 fully saturated rings. The van der Waals surface area contributed by atoms with Crippen LogP contribution in [0.15, 0.2) is 23.1 Å². The molecule has 0 aliphatic carbocycles. The quantitative estimate of drug-likeness (QED) is 0.570. The first-order chi connectivity index (χ1) is 8.77. The molecule has 0 aliphatic heterocycles. The fraction of sp³-hybridized carbons (Fsp3) is 0.400. The van der Waals surface area contributed by atoms with Crippen molar-refractivity contribution < 1.29 is 18.1 Å². The molecule has 1 aromatic rings. The molecule has 0 spiro atoms. The largest absolute Gasteiger partial charge is 0.495 e. The lowest BCUT2D eigenvalue weighted by atomic mass is 10.3. The highest BCUT2D eigenvalue weighted by Gasteiger charge is 2.22. The summed E-state index contributed by atoms with van der Waals surface area (Å²) in [4.78, 5) is 9.82. The van der Waals surface area contributed by atoms with Crippen molar-refractivity contribution in [1.29, 1.82) is 0 Å². The van der Waals surface area contributed by atoms with Gasteiger partial charge in [-0.3, -0.25) is 10.1 Å². The van der Waals surface area contributed by atoms with Gasteiger partial charge in [-0.15, -0.1) is 0 Å². The summed E-state index contributed by atoms with van der Waals surface area (Å²) in [7, 11) is -2.58. The van der Waals surface area contributed by atoms with Crippen LogP contribution < -0.4 is 15.2 Å². The molecule has 1 unspecified atom stereocenters. The third-order valence-electron chi connectivity index (χ3n) is 2.24. The smallest absolute Gasteiger partial charge is 0.273 e. The van der Waals surface area contributed by atoms with Crippen LogP contribution in [-0.4, -0.2) is 33.0 Å². The van der Waals surface area contributed by atoms with Crippen LogP contribution >= 0.6 is 0 Å². The number of non-ortho nitro benzene ring substituents is 1. The van der Waals surface area contributed by atoms with Crippen LogP contribution in [-0.2, 0) is 10.0 Å². The van der Waals surface area contributed by atoms with Crippen LogP contribution in [0.5, 0.6) is 5.75 Å². The molecule has 106 valence electrons. The van der Waals surface area contributed by atoms with Crippen molar-refractivity contribution in [1.82, 2.24) is 4.72 Å². The molecule has 0 heterocycles. The number of rotatable bonds is 6. The van der Waals surface area contributed by atoms with E-state index in [1.165, 1.54) is 7.11 Å². The Bertz CT molecular complexity index is 571. The van der Waals surface area contributed by atoms with E-state index < -0.39 is 14.9 Å². The van der Waals surface area contributed by atoms with Crippen molar-refractivity contribution in [3.63, 3.8) is 0 Å². The first-order valence-electron chi connectivity index (χ1n) is 5.35. The van der Waals surface area contributed by atoms with Crippen LogP contribution in [0.4, 0.5) is 5.69 Å². The number of nitro groups is 1. The van der Waals surface area contributed by atoms with Crippen LogP contribution in [0.3, 0.4) is 0 Å². The van der Waals surface area contributed by atoms with Gasteiger partial charge in [0.2, 0.25) is 10.0 Å². The van der Waals surface area contributed by atoms with Gasteiger partial charge in [0.05, 0.1) is 18.1 Å². The van der Waals surface area contributed by atoms with Gasteiger partial charge >= 0.3 is 0 Å². The first-order valence-corrected chi connectivity index (χ1v) is 6.84. The van der Waals surface area contributed by atoms with Gasteiger partial charge in [-0.2, -0.15) is 0 Å². The zero-order chi connectivity index (χ0) is 14.6. The molecule has 0 saturated heterocycles. The van der Waals surface area contributed by atoms with Crippen LogP contribution in [0.2, 0.25) is 0 Å². The zero-order valence-electron chi connectivity index (χ0n) is 10.5. The lowest BCUT2D eigenvalue weighted by Crippen LogP contribution is -2.35. The average molecular weight is 289 g/mol. The monoisotopic (exact) mass is 289 g/mol. The Hall–Kier alpha value is -1.71. The molecule has 8 nitrogen and oxygen atoms in total. The van der Waals surface area contributed by atoms with E-state index in [0.29, 0.717) is 0 Å². The standard InChI is InChI=1S/C10H15N3O5S/c1-7(11)6-12-19(16,17)10-4-3-8(13(14)15)5-9(10)18-2/h3-5,7,12H,6,11H2,1-2H3. The minimum absolute atomic E-state index is 0.0580. The van der Waals surface area contributed by atoms with E-state index in [9.17, 15) is 18.5 Å². The van der Waals surface area contributed by atoms with Gasteiger partial charge in [0.15, 0.2) is 0 Å². The number of benzene rings is 1. The van der Waals surface area contributed by atoms with E-state index in [0.717, 1.165) is 18.2 Å². The van der Waals surface area contributed by atoms with Crippen molar-refractivity contribution in [2.75, 3.05) is 13.7 Å². The van der Waals surface area contributed by atoms with Crippen molar-refractivity contribution in [3.8, 4) is 5.75 Å². The van der Waals surface area contributed by atoms with Gasteiger partial charge in [-0.25, -0.2) is 13.1 Å². The summed E-state index contributed by atoms with van der Waals surface area (Å²) >= 11 is 0. The molecule has 0 aromatic heterocycles. The summed E-state index contributed by atoms with van der Waals surface area (Å²) in [6.07, 6.45) is 0. The van der Waals surface area contributed by atoms with Gasteiger partial charge in [-0.1, -0.05) is 0 Å². The van der Waals surface area contributed by atoms with Gasteiger partial charge in [0.25, 0.3) is 5.69 Å². The molecule has 0 amide bonds. The van der Waals surface area contributed by atoms with E-state index in [4.69, 9.17) is 10.5 Å². The van der Waals surface area contributed by atoms with Gasteiger partial charge in [0, 0.05) is 18.7 Å². The lowest BCUT2D eigenvalue weighted by Gasteiger charge is -2.11. The Balaban J connectivity index is 3.16. The Morgan fingerprint density at radius 3 is 2.63 bits per heavy atom. The Kier molecular flexibility index (Phi) is 4.81. The Morgan fingerprint density at radius 1 is 1.53 bits per heavy atom. The van der Waals surface area contributed by atoms with E-state index >= 15 is 0 Å². The summed E-state index contributed by atoms with van der Waals surface area (Å²) < 4.78 is 31.1. The summed E-state index contributed by atoms with van der Waals surface area (Å²) in [5, 5.41) is 10.6. The predicted octanol–water partition coefficient (Wildman–Crippen LogP) is 0.229. The maximum absolute atomic E-state index is 12.0. The molecule has 9 heteroatoms. The molecule has 0 aliphatic rings.